The van der Waals surface area contributed by atoms with Crippen molar-refractivity contribution >= 4 is 38.2 Å². The molecule has 0 bridgehead atoms. The van der Waals surface area contributed by atoms with E-state index >= 15 is 0 Å². The molecule has 0 heterocycles. The Morgan fingerprint density at radius 1 is 1.15 bits per heavy atom. The second kappa shape index (κ2) is 4.46. The molecule has 0 saturated heterocycles. The van der Waals surface area contributed by atoms with Crippen molar-refractivity contribution in [3.8, 4) is 0 Å². The summed E-state index contributed by atoms with van der Waals surface area (Å²) in [5.74, 6) is -1.83. The minimum absolute atomic E-state index is 0.168. The van der Waals surface area contributed by atoms with Crippen molar-refractivity contribution in [1.29, 1.82) is 0 Å². The molecule has 0 aliphatic heterocycles. The lowest BCUT2D eigenvalue weighted by atomic mass is 10.1. The van der Waals surface area contributed by atoms with Crippen LogP contribution in [-0.2, 0) is 14.6 Å². The maximum absolute atomic E-state index is 12.3. The van der Waals surface area contributed by atoms with Crippen molar-refractivity contribution in [2.24, 2.45) is 5.92 Å². The number of carboxylic acids is 1. The zero-order valence-corrected chi connectivity index (χ0v) is 11.9. The topological polar surface area (TPSA) is 71.4 Å². The molecule has 20 heavy (non-hydrogen) atoms. The highest BCUT2D eigenvalue weighted by molar-refractivity contribution is 7.92. The molecule has 1 aliphatic rings. The van der Waals surface area contributed by atoms with E-state index in [-0.39, 0.29) is 11.3 Å². The van der Waals surface area contributed by atoms with Gasteiger partial charge in [0.25, 0.3) is 0 Å². The average Bonchev–Trinajstić information content (AvgIpc) is 3.18. The summed E-state index contributed by atoms with van der Waals surface area (Å²) in [6.45, 7) is 0. The molecule has 0 aromatic heterocycles. The highest BCUT2D eigenvalue weighted by Gasteiger charge is 2.52. The normalized spacial score (nSPS) is 21.9. The van der Waals surface area contributed by atoms with Crippen LogP contribution in [0.3, 0.4) is 0 Å². The maximum atomic E-state index is 12.3. The molecule has 6 heteroatoms. The Labute approximate surface area is 120 Å². The maximum Gasteiger partial charge on any atom is 0.307 e. The molecular weight excluding hydrogens is 300 g/mol. The van der Waals surface area contributed by atoms with E-state index in [1.165, 1.54) is 6.07 Å². The van der Waals surface area contributed by atoms with Gasteiger partial charge in [0.2, 0.25) is 0 Å². The molecule has 0 amide bonds. The van der Waals surface area contributed by atoms with E-state index in [0.717, 1.165) is 10.8 Å². The van der Waals surface area contributed by atoms with Gasteiger partial charge in [-0.2, -0.15) is 0 Å². The van der Waals surface area contributed by atoms with Crippen LogP contribution in [0.4, 0.5) is 0 Å². The Morgan fingerprint density at radius 3 is 2.45 bits per heavy atom. The first-order valence-corrected chi connectivity index (χ1v) is 7.98. The van der Waals surface area contributed by atoms with E-state index in [2.05, 4.69) is 0 Å². The molecule has 0 unspecified atom stereocenters. The summed E-state index contributed by atoms with van der Waals surface area (Å²) >= 11 is 5.88. The van der Waals surface area contributed by atoms with Gasteiger partial charge in [-0.3, -0.25) is 4.79 Å². The SMILES string of the molecule is O=C(O)[C@@H]1C[C@H]1S(=O)(=O)c1ccc2cc(Cl)ccc2c1. The van der Waals surface area contributed by atoms with Crippen LogP contribution >= 0.6 is 11.6 Å². The zero-order valence-electron chi connectivity index (χ0n) is 10.3. The summed E-state index contributed by atoms with van der Waals surface area (Å²) in [6, 6.07) is 9.95. The molecule has 2 atom stereocenters. The van der Waals surface area contributed by atoms with Crippen molar-refractivity contribution < 1.29 is 18.3 Å². The van der Waals surface area contributed by atoms with Gasteiger partial charge in [-0.1, -0.05) is 23.7 Å². The van der Waals surface area contributed by atoms with Gasteiger partial charge in [0.05, 0.1) is 16.1 Å². The van der Waals surface area contributed by atoms with E-state index in [0.29, 0.717) is 5.02 Å². The second-order valence-electron chi connectivity index (χ2n) is 4.92. The van der Waals surface area contributed by atoms with Crippen LogP contribution in [-0.4, -0.2) is 24.7 Å². The lowest BCUT2D eigenvalue weighted by Crippen LogP contribution is -2.13. The Morgan fingerprint density at radius 2 is 1.80 bits per heavy atom. The number of aliphatic carboxylic acids is 1. The third-order valence-electron chi connectivity index (χ3n) is 3.55. The molecule has 104 valence electrons. The van der Waals surface area contributed by atoms with Crippen LogP contribution < -0.4 is 0 Å². The molecule has 4 nitrogen and oxygen atoms in total. The zero-order chi connectivity index (χ0) is 14.5. The Bertz CT molecular complexity index is 813. The van der Waals surface area contributed by atoms with Gasteiger partial charge in [0, 0.05) is 5.02 Å². The van der Waals surface area contributed by atoms with Gasteiger partial charge in [0.15, 0.2) is 9.84 Å². The van der Waals surface area contributed by atoms with Crippen LogP contribution in [0.1, 0.15) is 6.42 Å². The Balaban J connectivity index is 2.02. The first-order valence-electron chi connectivity index (χ1n) is 6.05. The number of benzene rings is 2. The van der Waals surface area contributed by atoms with Gasteiger partial charge in [0.1, 0.15) is 0 Å². The van der Waals surface area contributed by atoms with Crippen molar-refractivity contribution in [2.45, 2.75) is 16.6 Å². The molecular formula is C14H11ClO4S. The first kappa shape index (κ1) is 13.4. The summed E-state index contributed by atoms with van der Waals surface area (Å²) in [4.78, 5) is 11.0. The largest absolute Gasteiger partial charge is 0.481 e. The van der Waals surface area contributed by atoms with Gasteiger partial charge in [-0.15, -0.1) is 0 Å². The fraction of sp³-hybridized carbons (Fsp3) is 0.214. The first-order chi connectivity index (χ1) is 9.39. The van der Waals surface area contributed by atoms with E-state index in [9.17, 15) is 13.2 Å². The van der Waals surface area contributed by atoms with E-state index in [1.807, 2.05) is 0 Å². The lowest BCUT2D eigenvalue weighted by molar-refractivity contribution is -0.138. The fourth-order valence-electron chi connectivity index (χ4n) is 2.32. The molecule has 0 radical (unpaired) electrons. The smallest absolute Gasteiger partial charge is 0.307 e. The van der Waals surface area contributed by atoms with Crippen LogP contribution in [0.5, 0.6) is 0 Å². The summed E-state index contributed by atoms with van der Waals surface area (Å²) in [5, 5.41) is 10.3. The van der Waals surface area contributed by atoms with Gasteiger partial charge in [-0.05, 0) is 41.5 Å². The number of hydrogen-bond acceptors (Lipinski definition) is 3. The Kier molecular flexibility index (Phi) is 2.99. The van der Waals surface area contributed by atoms with Gasteiger partial charge in [-0.25, -0.2) is 8.42 Å². The monoisotopic (exact) mass is 310 g/mol. The lowest BCUT2D eigenvalue weighted by Gasteiger charge is -2.05. The third-order valence-corrected chi connectivity index (χ3v) is 6.01. The Hall–Kier alpha value is -1.59. The van der Waals surface area contributed by atoms with Crippen molar-refractivity contribution in [2.75, 3.05) is 0 Å². The fourth-order valence-corrected chi connectivity index (χ4v) is 4.41. The van der Waals surface area contributed by atoms with Crippen LogP contribution in [0.15, 0.2) is 41.3 Å². The average molecular weight is 311 g/mol. The highest BCUT2D eigenvalue weighted by atomic mass is 35.5. The third kappa shape index (κ3) is 2.17. The minimum atomic E-state index is -3.58. The quantitative estimate of drug-likeness (QED) is 0.946. The number of rotatable bonds is 3. The molecule has 1 N–H and O–H groups in total. The molecule has 1 saturated carbocycles. The van der Waals surface area contributed by atoms with Crippen molar-refractivity contribution in [3.63, 3.8) is 0 Å². The summed E-state index contributed by atoms with van der Waals surface area (Å²) < 4.78 is 24.7. The molecule has 0 spiro atoms. The van der Waals surface area contributed by atoms with Gasteiger partial charge >= 0.3 is 5.97 Å². The van der Waals surface area contributed by atoms with Crippen LogP contribution in [0.25, 0.3) is 10.8 Å². The summed E-state index contributed by atoms with van der Waals surface area (Å²) in [6.07, 6.45) is 0.191. The van der Waals surface area contributed by atoms with Crippen LogP contribution in [0, 0.1) is 5.92 Å². The number of sulfone groups is 1. The number of halogens is 1. The highest BCUT2D eigenvalue weighted by Crippen LogP contribution is 2.41. The molecule has 2 aromatic rings. The number of carbonyl (C=O) groups is 1. The van der Waals surface area contributed by atoms with Crippen LogP contribution in [0.2, 0.25) is 5.02 Å². The molecule has 1 aliphatic carbocycles. The number of carboxylic acid groups (broad SMARTS) is 1. The number of hydrogen-bond donors (Lipinski definition) is 1. The molecule has 3 rings (SSSR count). The standard InChI is InChI=1S/C14H11ClO4S/c15-10-3-1-9-6-11(4-2-8(9)5-10)20(18,19)13-7-12(13)14(16)17/h1-6,12-13H,7H2,(H,16,17)/t12-,13-/m1/s1. The second-order valence-corrected chi connectivity index (χ2v) is 7.52. The predicted molar refractivity (Wildman–Crippen MR) is 75.7 cm³/mol. The van der Waals surface area contributed by atoms with Crippen molar-refractivity contribution in [3.05, 3.63) is 41.4 Å². The van der Waals surface area contributed by atoms with E-state index in [4.69, 9.17) is 16.7 Å². The predicted octanol–water partition coefficient (Wildman–Crippen LogP) is 2.74. The molecule has 1 fully saturated rings. The van der Waals surface area contributed by atoms with E-state index < -0.39 is 27.0 Å². The van der Waals surface area contributed by atoms with Crippen molar-refractivity contribution in [1.82, 2.24) is 0 Å². The van der Waals surface area contributed by atoms with E-state index in [1.54, 1.807) is 30.3 Å². The summed E-state index contributed by atoms with van der Waals surface area (Å²) in [5.41, 5.74) is 0. The molecule has 2 aromatic carbocycles. The summed E-state index contributed by atoms with van der Waals surface area (Å²) in [7, 11) is -3.58. The van der Waals surface area contributed by atoms with Gasteiger partial charge < -0.3 is 5.11 Å². The number of fused-ring (bicyclic) bond motifs is 1. The minimum Gasteiger partial charge on any atom is -0.481 e.